The number of likely N-dealkylation sites (tertiary alicyclic amines) is 1. The normalized spacial score (nSPS) is 13.3. The molecule has 8 heteroatoms. The minimum atomic E-state index is -0.376. The number of nitrogens with zero attached hydrogens (tertiary/aromatic N) is 1. The first-order valence-electron chi connectivity index (χ1n) is 10.4. The summed E-state index contributed by atoms with van der Waals surface area (Å²) in [5.74, 6) is 0.733. The van der Waals surface area contributed by atoms with E-state index in [-0.39, 0.29) is 11.9 Å². The summed E-state index contributed by atoms with van der Waals surface area (Å²) in [7, 11) is 1.50. The molecule has 7 nitrogen and oxygen atoms in total. The van der Waals surface area contributed by atoms with Crippen molar-refractivity contribution in [3.8, 4) is 11.5 Å². The molecule has 2 aromatic rings. The van der Waals surface area contributed by atoms with E-state index < -0.39 is 0 Å². The number of rotatable bonds is 7. The minimum absolute atomic E-state index is 0.171. The van der Waals surface area contributed by atoms with Crippen LogP contribution in [0.3, 0.4) is 0 Å². The third kappa shape index (κ3) is 5.82. The van der Waals surface area contributed by atoms with Gasteiger partial charge in [0.15, 0.2) is 11.5 Å². The highest BCUT2D eigenvalue weighted by molar-refractivity contribution is 6.32. The first-order valence-corrected chi connectivity index (χ1v) is 10.7. The first kappa shape index (κ1) is 22.7. The zero-order valence-corrected chi connectivity index (χ0v) is 18.8. The molecule has 3 rings (SSSR count). The number of hydrogen-bond donors (Lipinski definition) is 2. The van der Waals surface area contributed by atoms with E-state index in [2.05, 4.69) is 10.6 Å². The number of carbonyl (C=O) groups excluding carboxylic acids is 2. The van der Waals surface area contributed by atoms with Gasteiger partial charge in [-0.25, -0.2) is 4.79 Å². The van der Waals surface area contributed by atoms with E-state index in [0.717, 1.165) is 25.9 Å². The van der Waals surface area contributed by atoms with E-state index in [4.69, 9.17) is 21.1 Å². The number of ether oxygens (including phenoxy) is 2. The van der Waals surface area contributed by atoms with Crippen molar-refractivity contribution in [3.63, 3.8) is 0 Å². The number of urea groups is 1. The molecule has 0 aromatic heterocycles. The summed E-state index contributed by atoms with van der Waals surface area (Å²) in [6, 6.07) is 10.0. The molecule has 0 bridgehead atoms. The van der Waals surface area contributed by atoms with Crippen molar-refractivity contribution >= 4 is 34.9 Å². The van der Waals surface area contributed by atoms with Crippen molar-refractivity contribution in [2.24, 2.45) is 5.92 Å². The largest absolute Gasteiger partial charge is 0.493 e. The number of halogens is 1. The second kappa shape index (κ2) is 10.4. The van der Waals surface area contributed by atoms with Gasteiger partial charge < -0.3 is 25.0 Å². The van der Waals surface area contributed by atoms with Crippen molar-refractivity contribution in [1.82, 2.24) is 4.90 Å². The number of amides is 3. The van der Waals surface area contributed by atoms with Crippen LogP contribution in [-0.2, 0) is 0 Å². The summed E-state index contributed by atoms with van der Waals surface area (Å²) in [5.41, 5.74) is 1.34. The summed E-state index contributed by atoms with van der Waals surface area (Å²) in [5, 5.41) is 6.02. The zero-order valence-electron chi connectivity index (χ0n) is 18.0. The molecule has 0 atom stereocenters. The number of methoxy groups -OCH3 is 1. The van der Waals surface area contributed by atoms with Gasteiger partial charge in [-0.15, -0.1) is 0 Å². The Morgan fingerprint density at radius 1 is 1.10 bits per heavy atom. The van der Waals surface area contributed by atoms with Crippen molar-refractivity contribution in [3.05, 3.63) is 47.0 Å². The van der Waals surface area contributed by atoms with Crippen LogP contribution in [0.25, 0.3) is 0 Å². The summed E-state index contributed by atoms with van der Waals surface area (Å²) >= 11 is 6.37. The number of carbonyl (C=O) groups is 2. The average molecular weight is 446 g/mol. The maximum atomic E-state index is 12.9. The van der Waals surface area contributed by atoms with Crippen LogP contribution < -0.4 is 20.1 Å². The Hall–Kier alpha value is -2.93. The molecule has 1 aliphatic heterocycles. The van der Waals surface area contributed by atoms with Crippen LogP contribution in [0.15, 0.2) is 36.4 Å². The SMILES string of the molecule is COc1cc(C(=O)Nc2ccccc2NC(=O)N2CCCC2)cc(Cl)c1OCC(C)C. The third-order valence-corrected chi connectivity index (χ3v) is 5.14. The Bertz CT molecular complexity index is 942. The maximum Gasteiger partial charge on any atom is 0.321 e. The van der Waals surface area contributed by atoms with Crippen LogP contribution in [0.2, 0.25) is 5.02 Å². The molecule has 2 aromatic carbocycles. The predicted molar refractivity (Wildman–Crippen MR) is 123 cm³/mol. The van der Waals surface area contributed by atoms with E-state index in [1.807, 2.05) is 13.8 Å². The van der Waals surface area contributed by atoms with Crippen molar-refractivity contribution in [1.29, 1.82) is 0 Å². The Labute approximate surface area is 187 Å². The number of hydrogen-bond acceptors (Lipinski definition) is 4. The van der Waals surface area contributed by atoms with Crippen LogP contribution in [-0.4, -0.2) is 43.6 Å². The highest BCUT2D eigenvalue weighted by Gasteiger charge is 2.20. The second-order valence-electron chi connectivity index (χ2n) is 7.82. The summed E-state index contributed by atoms with van der Waals surface area (Å²) in [6.07, 6.45) is 2.01. The lowest BCUT2D eigenvalue weighted by atomic mass is 10.1. The van der Waals surface area contributed by atoms with Gasteiger partial charge in [-0.3, -0.25) is 4.79 Å². The van der Waals surface area contributed by atoms with E-state index in [1.54, 1.807) is 41.3 Å². The molecule has 0 saturated carbocycles. The van der Waals surface area contributed by atoms with Crippen molar-refractivity contribution < 1.29 is 19.1 Å². The lowest BCUT2D eigenvalue weighted by Crippen LogP contribution is -2.32. The first-order chi connectivity index (χ1) is 14.9. The topological polar surface area (TPSA) is 79.9 Å². The Morgan fingerprint density at radius 3 is 2.35 bits per heavy atom. The lowest BCUT2D eigenvalue weighted by Gasteiger charge is -2.18. The van der Waals surface area contributed by atoms with Gasteiger partial charge in [0.05, 0.1) is 30.1 Å². The molecule has 0 radical (unpaired) electrons. The average Bonchev–Trinajstić information content (AvgIpc) is 3.28. The smallest absolute Gasteiger partial charge is 0.321 e. The molecule has 3 amide bonds. The summed E-state index contributed by atoms with van der Waals surface area (Å²) in [4.78, 5) is 27.1. The van der Waals surface area contributed by atoms with E-state index in [9.17, 15) is 9.59 Å². The summed E-state index contributed by atoms with van der Waals surface area (Å²) in [6.45, 7) is 6.02. The molecule has 0 aliphatic carbocycles. The maximum absolute atomic E-state index is 12.9. The quantitative estimate of drug-likeness (QED) is 0.608. The van der Waals surface area contributed by atoms with Gasteiger partial charge in [-0.05, 0) is 43.0 Å². The fourth-order valence-corrected chi connectivity index (χ4v) is 3.52. The number of benzene rings is 2. The number of anilines is 2. The monoisotopic (exact) mass is 445 g/mol. The third-order valence-electron chi connectivity index (χ3n) is 4.86. The molecular formula is C23H28ClN3O4. The van der Waals surface area contributed by atoms with Gasteiger partial charge in [0.25, 0.3) is 5.91 Å². The molecule has 166 valence electrons. The Balaban J connectivity index is 1.77. The Morgan fingerprint density at radius 2 is 1.74 bits per heavy atom. The molecule has 0 unspecified atom stereocenters. The fourth-order valence-electron chi connectivity index (χ4n) is 3.25. The predicted octanol–water partition coefficient (Wildman–Crippen LogP) is 5.26. The summed E-state index contributed by atoms with van der Waals surface area (Å²) < 4.78 is 11.1. The fraction of sp³-hybridized carbons (Fsp3) is 0.391. The molecular weight excluding hydrogens is 418 g/mol. The van der Waals surface area contributed by atoms with Gasteiger partial charge in [-0.2, -0.15) is 0 Å². The molecule has 1 aliphatic rings. The molecule has 0 spiro atoms. The molecule has 1 fully saturated rings. The standard InChI is InChI=1S/C23H28ClN3O4/c1-15(2)14-31-21-17(24)12-16(13-20(21)30-3)22(28)25-18-8-4-5-9-19(18)26-23(29)27-10-6-7-11-27/h4-5,8-9,12-13,15H,6-7,10-11,14H2,1-3H3,(H,25,28)(H,26,29). The van der Waals surface area contributed by atoms with Crippen LogP contribution in [0.5, 0.6) is 11.5 Å². The van der Waals surface area contributed by atoms with Gasteiger partial charge in [0, 0.05) is 18.7 Å². The molecule has 1 saturated heterocycles. The molecule has 1 heterocycles. The molecule has 31 heavy (non-hydrogen) atoms. The van der Waals surface area contributed by atoms with Gasteiger partial charge in [0.1, 0.15) is 0 Å². The highest BCUT2D eigenvalue weighted by Crippen LogP contribution is 2.37. The lowest BCUT2D eigenvalue weighted by molar-refractivity contribution is 0.102. The second-order valence-corrected chi connectivity index (χ2v) is 8.23. The van der Waals surface area contributed by atoms with Crippen LogP contribution >= 0.6 is 11.6 Å². The Kier molecular flexibility index (Phi) is 7.63. The number of nitrogens with one attached hydrogen (secondary N) is 2. The minimum Gasteiger partial charge on any atom is -0.493 e. The van der Waals surface area contributed by atoms with Crippen molar-refractivity contribution in [2.75, 3.05) is 37.4 Å². The van der Waals surface area contributed by atoms with Gasteiger partial charge in [-0.1, -0.05) is 37.6 Å². The van der Waals surface area contributed by atoms with Crippen LogP contribution in [0.1, 0.15) is 37.0 Å². The van der Waals surface area contributed by atoms with Crippen molar-refractivity contribution in [2.45, 2.75) is 26.7 Å². The molecule has 2 N–H and O–H groups in total. The van der Waals surface area contributed by atoms with Gasteiger partial charge in [0.2, 0.25) is 0 Å². The highest BCUT2D eigenvalue weighted by atomic mass is 35.5. The van der Waals surface area contributed by atoms with Crippen LogP contribution in [0, 0.1) is 5.92 Å². The zero-order chi connectivity index (χ0) is 22.4. The van der Waals surface area contributed by atoms with E-state index in [1.165, 1.54) is 7.11 Å². The van der Waals surface area contributed by atoms with E-state index >= 15 is 0 Å². The number of para-hydroxylation sites is 2. The van der Waals surface area contributed by atoms with E-state index in [0.29, 0.717) is 46.0 Å². The van der Waals surface area contributed by atoms with Crippen LogP contribution in [0.4, 0.5) is 16.2 Å². The van der Waals surface area contributed by atoms with Gasteiger partial charge >= 0.3 is 6.03 Å².